The zero-order chi connectivity index (χ0) is 12.5. The number of pyridine rings is 1. The minimum absolute atomic E-state index is 0.621. The van der Waals surface area contributed by atoms with E-state index in [1.807, 2.05) is 13.1 Å². The van der Waals surface area contributed by atoms with Crippen molar-refractivity contribution >= 4 is 11.5 Å². The van der Waals surface area contributed by atoms with E-state index in [9.17, 15) is 0 Å². The van der Waals surface area contributed by atoms with Crippen LogP contribution in [-0.2, 0) is 13.0 Å². The van der Waals surface area contributed by atoms with Crippen molar-refractivity contribution in [2.24, 2.45) is 0 Å². The second-order valence-corrected chi connectivity index (χ2v) is 4.84. The standard InChI is InChI=1S/C15H17N3/c1-11-8-14(9-17-15(11)16)18-7-6-12-4-2-3-5-13(12)10-18/h2-5,8-9H,6-7,10H2,1H3,(H2,16,17). The van der Waals surface area contributed by atoms with Gasteiger partial charge in [0.05, 0.1) is 11.9 Å². The lowest BCUT2D eigenvalue weighted by atomic mass is 9.99. The van der Waals surface area contributed by atoms with Gasteiger partial charge in [-0.25, -0.2) is 4.98 Å². The zero-order valence-corrected chi connectivity index (χ0v) is 10.6. The summed E-state index contributed by atoms with van der Waals surface area (Å²) in [7, 11) is 0. The largest absolute Gasteiger partial charge is 0.383 e. The number of benzene rings is 1. The number of hydrogen-bond acceptors (Lipinski definition) is 3. The number of anilines is 2. The number of nitrogen functional groups attached to an aromatic ring is 1. The fraction of sp³-hybridized carbons (Fsp3) is 0.267. The molecule has 0 bridgehead atoms. The van der Waals surface area contributed by atoms with Crippen molar-refractivity contribution < 1.29 is 0 Å². The summed E-state index contributed by atoms with van der Waals surface area (Å²) in [4.78, 5) is 6.61. The van der Waals surface area contributed by atoms with Crippen LogP contribution >= 0.6 is 0 Å². The Labute approximate surface area is 107 Å². The zero-order valence-electron chi connectivity index (χ0n) is 10.6. The van der Waals surface area contributed by atoms with E-state index in [0.29, 0.717) is 5.82 Å². The Morgan fingerprint density at radius 2 is 2.00 bits per heavy atom. The summed E-state index contributed by atoms with van der Waals surface area (Å²) >= 11 is 0. The van der Waals surface area contributed by atoms with Crippen molar-refractivity contribution in [3.05, 3.63) is 53.2 Å². The van der Waals surface area contributed by atoms with Crippen LogP contribution in [0.1, 0.15) is 16.7 Å². The first kappa shape index (κ1) is 11.1. The molecule has 1 aliphatic heterocycles. The lowest BCUT2D eigenvalue weighted by molar-refractivity contribution is 0.730. The molecule has 0 radical (unpaired) electrons. The second kappa shape index (κ2) is 4.33. The molecule has 0 spiro atoms. The molecule has 1 aromatic heterocycles. The van der Waals surface area contributed by atoms with E-state index in [0.717, 1.165) is 30.8 Å². The number of nitrogens with two attached hydrogens (primary N) is 1. The van der Waals surface area contributed by atoms with E-state index >= 15 is 0 Å². The normalized spacial score (nSPS) is 14.4. The van der Waals surface area contributed by atoms with Crippen LogP contribution in [-0.4, -0.2) is 11.5 Å². The summed E-state index contributed by atoms with van der Waals surface area (Å²) < 4.78 is 0. The molecule has 18 heavy (non-hydrogen) atoms. The third-order valence-corrected chi connectivity index (χ3v) is 3.60. The van der Waals surface area contributed by atoms with E-state index < -0.39 is 0 Å². The molecule has 1 aromatic carbocycles. The van der Waals surface area contributed by atoms with E-state index in [4.69, 9.17) is 5.73 Å². The molecule has 3 heteroatoms. The Morgan fingerprint density at radius 3 is 2.78 bits per heavy atom. The van der Waals surface area contributed by atoms with Crippen LogP contribution in [0, 0.1) is 6.92 Å². The van der Waals surface area contributed by atoms with Crippen molar-refractivity contribution in [3.8, 4) is 0 Å². The summed E-state index contributed by atoms with van der Waals surface area (Å²) in [6, 6.07) is 10.8. The van der Waals surface area contributed by atoms with Gasteiger partial charge in [0.2, 0.25) is 0 Å². The van der Waals surface area contributed by atoms with Gasteiger partial charge in [0.25, 0.3) is 0 Å². The van der Waals surface area contributed by atoms with Gasteiger partial charge in [-0.05, 0) is 36.1 Å². The Bertz CT molecular complexity index is 578. The van der Waals surface area contributed by atoms with Gasteiger partial charge >= 0.3 is 0 Å². The fourth-order valence-electron chi connectivity index (χ4n) is 2.46. The molecule has 0 saturated carbocycles. The van der Waals surface area contributed by atoms with Crippen molar-refractivity contribution in [2.75, 3.05) is 17.2 Å². The van der Waals surface area contributed by atoms with Crippen molar-refractivity contribution in [3.63, 3.8) is 0 Å². The number of aryl methyl sites for hydroxylation is 1. The van der Waals surface area contributed by atoms with Crippen molar-refractivity contribution in [1.29, 1.82) is 0 Å². The summed E-state index contributed by atoms with van der Waals surface area (Å²) in [5.74, 6) is 0.621. The van der Waals surface area contributed by atoms with Gasteiger partial charge in [-0.15, -0.1) is 0 Å². The first-order chi connectivity index (χ1) is 8.74. The highest BCUT2D eigenvalue weighted by Crippen LogP contribution is 2.25. The van der Waals surface area contributed by atoms with E-state index in [1.165, 1.54) is 11.1 Å². The quantitative estimate of drug-likeness (QED) is 0.831. The van der Waals surface area contributed by atoms with Gasteiger partial charge in [0, 0.05) is 13.1 Å². The van der Waals surface area contributed by atoms with Gasteiger partial charge in [0.1, 0.15) is 5.82 Å². The van der Waals surface area contributed by atoms with Gasteiger partial charge in [-0.2, -0.15) is 0 Å². The van der Waals surface area contributed by atoms with Crippen LogP contribution in [0.5, 0.6) is 0 Å². The molecule has 0 unspecified atom stereocenters. The molecule has 0 atom stereocenters. The average Bonchev–Trinajstić information content (AvgIpc) is 2.41. The van der Waals surface area contributed by atoms with Crippen LogP contribution < -0.4 is 10.6 Å². The SMILES string of the molecule is Cc1cc(N2CCc3ccccc3C2)cnc1N. The molecule has 0 amide bonds. The minimum Gasteiger partial charge on any atom is -0.383 e. The van der Waals surface area contributed by atoms with Crippen molar-refractivity contribution in [1.82, 2.24) is 4.98 Å². The molecule has 3 nitrogen and oxygen atoms in total. The van der Waals surface area contributed by atoms with E-state index in [-0.39, 0.29) is 0 Å². The predicted octanol–water partition coefficient (Wildman–Crippen LogP) is 2.53. The molecule has 0 fully saturated rings. The molecule has 0 saturated heterocycles. The maximum absolute atomic E-state index is 5.77. The Balaban J connectivity index is 1.89. The Kier molecular flexibility index (Phi) is 2.67. The summed E-state index contributed by atoms with van der Waals surface area (Å²) in [5.41, 5.74) is 10.9. The molecular formula is C15H17N3. The number of hydrogen-bond donors (Lipinski definition) is 1. The minimum atomic E-state index is 0.621. The molecule has 2 N–H and O–H groups in total. The third-order valence-electron chi connectivity index (χ3n) is 3.60. The maximum atomic E-state index is 5.77. The van der Waals surface area contributed by atoms with E-state index in [2.05, 4.69) is 40.2 Å². The van der Waals surface area contributed by atoms with Gasteiger partial charge < -0.3 is 10.6 Å². The summed E-state index contributed by atoms with van der Waals surface area (Å²) in [6.07, 6.45) is 2.97. The highest BCUT2D eigenvalue weighted by molar-refractivity contribution is 5.54. The molecule has 2 heterocycles. The lowest BCUT2D eigenvalue weighted by Gasteiger charge is -2.30. The number of fused-ring (bicyclic) bond motifs is 1. The Hall–Kier alpha value is -2.03. The molecule has 3 rings (SSSR count). The van der Waals surface area contributed by atoms with Crippen LogP contribution in [0.25, 0.3) is 0 Å². The Morgan fingerprint density at radius 1 is 1.22 bits per heavy atom. The maximum Gasteiger partial charge on any atom is 0.126 e. The van der Waals surface area contributed by atoms with Gasteiger partial charge in [0.15, 0.2) is 0 Å². The molecular weight excluding hydrogens is 222 g/mol. The average molecular weight is 239 g/mol. The molecule has 1 aliphatic rings. The predicted molar refractivity (Wildman–Crippen MR) is 74.6 cm³/mol. The third kappa shape index (κ3) is 1.92. The molecule has 2 aromatic rings. The number of nitrogens with zero attached hydrogens (tertiary/aromatic N) is 2. The lowest BCUT2D eigenvalue weighted by Crippen LogP contribution is -2.30. The van der Waals surface area contributed by atoms with Gasteiger partial charge in [-0.1, -0.05) is 24.3 Å². The summed E-state index contributed by atoms with van der Waals surface area (Å²) in [6.45, 7) is 4.01. The van der Waals surface area contributed by atoms with Gasteiger partial charge in [-0.3, -0.25) is 0 Å². The molecule has 92 valence electrons. The highest BCUT2D eigenvalue weighted by atomic mass is 15.1. The second-order valence-electron chi connectivity index (χ2n) is 4.84. The molecule has 0 aliphatic carbocycles. The summed E-state index contributed by atoms with van der Waals surface area (Å²) in [5, 5.41) is 0. The number of rotatable bonds is 1. The smallest absolute Gasteiger partial charge is 0.126 e. The van der Waals surface area contributed by atoms with Crippen LogP contribution in [0.2, 0.25) is 0 Å². The van der Waals surface area contributed by atoms with Crippen LogP contribution in [0.3, 0.4) is 0 Å². The van der Waals surface area contributed by atoms with Crippen LogP contribution in [0.4, 0.5) is 11.5 Å². The van der Waals surface area contributed by atoms with Crippen molar-refractivity contribution in [2.45, 2.75) is 19.9 Å². The monoisotopic (exact) mass is 239 g/mol. The highest BCUT2D eigenvalue weighted by Gasteiger charge is 2.16. The van der Waals surface area contributed by atoms with E-state index in [1.54, 1.807) is 0 Å². The topological polar surface area (TPSA) is 42.2 Å². The van der Waals surface area contributed by atoms with Crippen LogP contribution in [0.15, 0.2) is 36.5 Å². The fourth-order valence-corrected chi connectivity index (χ4v) is 2.46. The first-order valence-corrected chi connectivity index (χ1v) is 6.28. The number of aromatic nitrogens is 1. The first-order valence-electron chi connectivity index (χ1n) is 6.28.